The number of aromatic nitrogens is 2. The van der Waals surface area contributed by atoms with Crippen LogP contribution in [0.1, 0.15) is 101 Å². The average Bonchev–Trinajstić information content (AvgIpc) is 3.19. The molecule has 0 amide bonds. The van der Waals surface area contributed by atoms with Crippen molar-refractivity contribution in [2.24, 2.45) is 0 Å². The van der Waals surface area contributed by atoms with Gasteiger partial charge in [0.25, 0.3) is 0 Å². The molecular formula is C56H61ClN4. The Morgan fingerprint density at radius 2 is 0.738 bits per heavy atom. The molecule has 0 aliphatic carbocycles. The lowest BCUT2D eigenvalue weighted by Crippen LogP contribution is -2.20. The summed E-state index contributed by atoms with van der Waals surface area (Å²) in [6.07, 6.45) is 3.82. The van der Waals surface area contributed by atoms with Gasteiger partial charge in [-0.2, -0.15) is 0 Å². The van der Waals surface area contributed by atoms with Crippen LogP contribution in [0.25, 0.3) is 22.5 Å². The number of nitrogens with zero attached hydrogens (tertiary/aromatic N) is 4. The predicted octanol–water partition coefficient (Wildman–Crippen LogP) is 16.5. The maximum Gasteiger partial charge on any atom is 0.0887 e. The Morgan fingerprint density at radius 1 is 0.377 bits per heavy atom. The first-order valence-corrected chi connectivity index (χ1v) is 21.8. The van der Waals surface area contributed by atoms with E-state index in [0.29, 0.717) is 5.02 Å². The second kappa shape index (κ2) is 16.6. The lowest BCUT2D eigenvalue weighted by atomic mass is 9.84. The summed E-state index contributed by atoms with van der Waals surface area (Å²) < 4.78 is 0. The first kappa shape index (κ1) is 43.4. The molecule has 0 radical (unpaired) electrons. The van der Waals surface area contributed by atoms with Crippen molar-refractivity contribution in [3.05, 3.63) is 178 Å². The molecule has 312 valence electrons. The average molecular weight is 826 g/mol. The SMILES string of the molecule is Cc1ccc(N(c2ccc(C(C)(C)C)cc2-c2cc(C)ccn2)c2cc(C(C)(C)C)cc(N(c3ccc(C)cc3)c3ccc(C(C)(C)C)cc3-c3cc(C)ccn3)c2Cl)cc1. The van der Waals surface area contributed by atoms with E-state index in [-0.39, 0.29) is 16.2 Å². The molecule has 2 heterocycles. The molecular weight excluding hydrogens is 764 g/mol. The minimum atomic E-state index is -0.236. The zero-order valence-corrected chi connectivity index (χ0v) is 39.1. The zero-order chi connectivity index (χ0) is 44.0. The van der Waals surface area contributed by atoms with E-state index in [9.17, 15) is 0 Å². The van der Waals surface area contributed by atoms with Gasteiger partial charge in [0.05, 0.1) is 39.2 Å². The van der Waals surface area contributed by atoms with Crippen molar-refractivity contribution < 1.29 is 0 Å². The highest BCUT2D eigenvalue weighted by Crippen LogP contribution is 2.52. The predicted molar refractivity (Wildman–Crippen MR) is 262 cm³/mol. The second-order valence-electron chi connectivity index (χ2n) is 19.8. The summed E-state index contributed by atoms with van der Waals surface area (Å²) >= 11 is 8.12. The van der Waals surface area contributed by atoms with Gasteiger partial charge in [-0.3, -0.25) is 9.97 Å². The third kappa shape index (κ3) is 9.31. The lowest BCUT2D eigenvalue weighted by Gasteiger charge is -2.35. The van der Waals surface area contributed by atoms with Gasteiger partial charge in [-0.1, -0.05) is 121 Å². The fourth-order valence-corrected chi connectivity index (χ4v) is 8.01. The molecule has 4 nitrogen and oxygen atoms in total. The van der Waals surface area contributed by atoms with Gasteiger partial charge in [-0.05, 0) is 157 Å². The van der Waals surface area contributed by atoms with Gasteiger partial charge in [0, 0.05) is 34.9 Å². The molecule has 0 aliphatic rings. The molecule has 0 saturated heterocycles. The molecule has 0 N–H and O–H groups in total. The number of benzene rings is 5. The summed E-state index contributed by atoms with van der Waals surface area (Å²) in [5, 5.41) is 0.625. The number of pyridine rings is 2. The van der Waals surface area contributed by atoms with Crippen molar-refractivity contribution in [3.63, 3.8) is 0 Å². The fourth-order valence-electron chi connectivity index (χ4n) is 7.73. The molecule has 0 saturated carbocycles. The molecule has 0 atom stereocenters. The van der Waals surface area contributed by atoms with Gasteiger partial charge in [0.1, 0.15) is 0 Å². The molecule has 5 aromatic carbocycles. The van der Waals surface area contributed by atoms with Crippen LogP contribution >= 0.6 is 11.6 Å². The van der Waals surface area contributed by atoms with Crippen molar-refractivity contribution in [1.82, 2.24) is 9.97 Å². The Balaban J connectivity index is 1.61. The summed E-state index contributed by atoms with van der Waals surface area (Å²) in [7, 11) is 0. The van der Waals surface area contributed by atoms with Crippen LogP contribution < -0.4 is 9.80 Å². The normalized spacial score (nSPS) is 12.1. The van der Waals surface area contributed by atoms with Crippen molar-refractivity contribution in [3.8, 4) is 22.5 Å². The standard InChI is InChI=1S/C56H61ClN4/c1-36-14-20-43(21-15-36)60(49-24-18-40(54(5,6)7)32-45(49)47-30-38(3)26-28-58-47)51-34-42(56(11,12)13)35-52(53(51)57)61(44-22-16-37(2)17-23-44)50-25-19-41(55(8,9)10)33-46(50)48-31-39(4)27-29-59-48/h14-35H,1-13H3. The van der Waals surface area contributed by atoms with Gasteiger partial charge in [-0.15, -0.1) is 0 Å². The highest BCUT2D eigenvalue weighted by atomic mass is 35.5. The van der Waals surface area contributed by atoms with Crippen molar-refractivity contribution in [2.45, 2.75) is 106 Å². The maximum atomic E-state index is 8.12. The number of aryl methyl sites for hydroxylation is 4. The van der Waals surface area contributed by atoms with Gasteiger partial charge >= 0.3 is 0 Å². The van der Waals surface area contributed by atoms with Crippen LogP contribution in [-0.4, -0.2) is 9.97 Å². The molecule has 0 fully saturated rings. The monoisotopic (exact) mass is 824 g/mol. The smallest absolute Gasteiger partial charge is 0.0887 e. The summed E-state index contributed by atoms with van der Waals surface area (Å²) in [5.41, 5.74) is 17.6. The molecule has 7 aromatic rings. The molecule has 0 unspecified atom stereocenters. The quantitative estimate of drug-likeness (QED) is 0.153. The Morgan fingerprint density at radius 3 is 1.07 bits per heavy atom. The molecule has 5 heteroatoms. The van der Waals surface area contributed by atoms with Gasteiger partial charge in [0.15, 0.2) is 0 Å². The van der Waals surface area contributed by atoms with E-state index in [1.807, 2.05) is 12.4 Å². The number of halogens is 1. The Hall–Kier alpha value is -5.71. The van der Waals surface area contributed by atoms with E-state index < -0.39 is 0 Å². The number of rotatable bonds is 8. The van der Waals surface area contributed by atoms with Crippen LogP contribution in [0.2, 0.25) is 5.02 Å². The molecule has 0 spiro atoms. The molecule has 7 rings (SSSR count). The van der Waals surface area contributed by atoms with Crippen LogP contribution in [0, 0.1) is 27.7 Å². The number of hydrogen-bond donors (Lipinski definition) is 0. The minimum absolute atomic E-state index is 0.0797. The fraction of sp³-hybridized carbons (Fsp3) is 0.286. The highest BCUT2D eigenvalue weighted by Gasteiger charge is 2.30. The van der Waals surface area contributed by atoms with Gasteiger partial charge in [0.2, 0.25) is 0 Å². The third-order valence-electron chi connectivity index (χ3n) is 11.6. The van der Waals surface area contributed by atoms with E-state index >= 15 is 0 Å². The largest absolute Gasteiger partial charge is 0.308 e. The van der Waals surface area contributed by atoms with E-state index in [1.54, 1.807) is 0 Å². The van der Waals surface area contributed by atoms with E-state index in [2.05, 4.69) is 221 Å². The Bertz CT molecular complexity index is 2510. The Kier molecular flexibility index (Phi) is 11.8. The summed E-state index contributed by atoms with van der Waals surface area (Å²) in [4.78, 5) is 14.6. The van der Waals surface area contributed by atoms with E-state index in [1.165, 1.54) is 22.3 Å². The van der Waals surface area contributed by atoms with Crippen LogP contribution in [0.3, 0.4) is 0 Å². The Labute approximate surface area is 370 Å². The molecule has 61 heavy (non-hydrogen) atoms. The molecule has 2 aromatic heterocycles. The van der Waals surface area contributed by atoms with Crippen LogP contribution in [0.5, 0.6) is 0 Å². The van der Waals surface area contributed by atoms with Crippen molar-refractivity contribution in [2.75, 3.05) is 9.80 Å². The third-order valence-corrected chi connectivity index (χ3v) is 11.9. The lowest BCUT2D eigenvalue weighted by molar-refractivity contribution is 0.590. The summed E-state index contributed by atoms with van der Waals surface area (Å²) in [6.45, 7) is 28.9. The molecule has 0 bridgehead atoms. The molecule has 0 aliphatic heterocycles. The summed E-state index contributed by atoms with van der Waals surface area (Å²) in [5.74, 6) is 0. The highest BCUT2D eigenvalue weighted by molar-refractivity contribution is 6.37. The zero-order valence-electron chi connectivity index (χ0n) is 38.4. The van der Waals surface area contributed by atoms with Crippen molar-refractivity contribution >= 4 is 45.7 Å². The number of hydrogen-bond acceptors (Lipinski definition) is 4. The van der Waals surface area contributed by atoms with Gasteiger partial charge in [-0.25, -0.2) is 0 Å². The van der Waals surface area contributed by atoms with Gasteiger partial charge < -0.3 is 9.80 Å². The van der Waals surface area contributed by atoms with E-state index in [4.69, 9.17) is 21.6 Å². The van der Waals surface area contributed by atoms with E-state index in [0.717, 1.165) is 73.3 Å². The minimum Gasteiger partial charge on any atom is -0.308 e. The first-order valence-electron chi connectivity index (χ1n) is 21.4. The summed E-state index contributed by atoms with van der Waals surface area (Å²) in [6, 6.07) is 44.2. The topological polar surface area (TPSA) is 32.3 Å². The van der Waals surface area contributed by atoms with Crippen LogP contribution in [0.4, 0.5) is 34.1 Å². The number of anilines is 6. The first-order chi connectivity index (χ1) is 28.7. The second-order valence-corrected chi connectivity index (χ2v) is 20.2. The van der Waals surface area contributed by atoms with Crippen LogP contribution in [0.15, 0.2) is 134 Å². The van der Waals surface area contributed by atoms with Crippen LogP contribution in [-0.2, 0) is 16.2 Å². The van der Waals surface area contributed by atoms with Crippen molar-refractivity contribution in [1.29, 1.82) is 0 Å². The maximum absolute atomic E-state index is 8.12.